The van der Waals surface area contributed by atoms with Gasteiger partial charge in [0.2, 0.25) is 0 Å². The maximum atomic E-state index is 13.1. The highest BCUT2D eigenvalue weighted by molar-refractivity contribution is 6.20. The molecular weight excluding hydrogens is 255 g/mol. The Morgan fingerprint density at radius 2 is 2.00 bits per heavy atom. The van der Waals surface area contributed by atoms with Crippen LogP contribution in [0.15, 0.2) is 18.5 Å². The molecule has 1 aromatic heterocycles. The van der Waals surface area contributed by atoms with Gasteiger partial charge in [0.25, 0.3) is 5.91 Å². The monoisotopic (exact) mass is 268 g/mol. The average molecular weight is 269 g/mol. The smallest absolute Gasteiger partial charge is 0.256 e. The van der Waals surface area contributed by atoms with Crippen LogP contribution in [0, 0.1) is 5.82 Å². The van der Waals surface area contributed by atoms with Crippen molar-refractivity contribution < 1.29 is 9.18 Å². The van der Waals surface area contributed by atoms with Crippen LogP contribution >= 0.6 is 11.6 Å². The van der Waals surface area contributed by atoms with Crippen molar-refractivity contribution in [1.29, 1.82) is 0 Å². The van der Waals surface area contributed by atoms with Crippen LogP contribution in [0.4, 0.5) is 4.39 Å². The van der Waals surface area contributed by atoms with E-state index in [4.69, 9.17) is 11.6 Å². The molecule has 0 N–H and O–H groups in total. The maximum absolute atomic E-state index is 13.1. The Hall–Kier alpha value is -1.16. The van der Waals surface area contributed by atoms with E-state index in [2.05, 4.69) is 4.98 Å². The lowest BCUT2D eigenvalue weighted by atomic mass is 10.0. The summed E-state index contributed by atoms with van der Waals surface area (Å²) in [7, 11) is 0. The summed E-state index contributed by atoms with van der Waals surface area (Å²) >= 11 is 6.18. The number of carbonyl (C=O) groups is 1. The minimum absolute atomic E-state index is 0.113. The van der Waals surface area contributed by atoms with Crippen LogP contribution in [0.5, 0.6) is 0 Å². The summed E-state index contributed by atoms with van der Waals surface area (Å²) in [5.41, 5.74) is 0.333. The van der Waals surface area contributed by atoms with E-state index in [1.165, 1.54) is 12.3 Å². The molecule has 3 nitrogen and oxygen atoms in total. The third-order valence-corrected chi connectivity index (χ3v) is 4.22. The topological polar surface area (TPSA) is 33.2 Å². The van der Waals surface area contributed by atoms with Crippen LogP contribution < -0.4 is 0 Å². The molecule has 2 aliphatic heterocycles. The van der Waals surface area contributed by atoms with Gasteiger partial charge >= 0.3 is 0 Å². The van der Waals surface area contributed by atoms with Crippen LogP contribution in [0.2, 0.25) is 0 Å². The number of aromatic nitrogens is 1. The van der Waals surface area contributed by atoms with Crippen molar-refractivity contribution in [2.45, 2.75) is 43.1 Å². The number of alkyl halides is 1. The molecule has 18 heavy (non-hydrogen) atoms. The number of amides is 1. The van der Waals surface area contributed by atoms with Crippen LogP contribution in [0.3, 0.4) is 0 Å². The molecular formula is C13H14ClFN2O. The van der Waals surface area contributed by atoms with Crippen molar-refractivity contribution in [3.05, 3.63) is 29.8 Å². The second-order valence-corrected chi connectivity index (χ2v) is 5.68. The molecule has 3 heterocycles. The van der Waals surface area contributed by atoms with Gasteiger partial charge in [-0.2, -0.15) is 0 Å². The summed E-state index contributed by atoms with van der Waals surface area (Å²) in [5, 5.41) is 0.164. The van der Waals surface area contributed by atoms with Crippen LogP contribution in [-0.2, 0) is 0 Å². The molecule has 0 saturated carbocycles. The van der Waals surface area contributed by atoms with E-state index in [0.29, 0.717) is 5.56 Å². The van der Waals surface area contributed by atoms with Crippen molar-refractivity contribution in [3.63, 3.8) is 0 Å². The first-order valence-electron chi connectivity index (χ1n) is 6.22. The molecule has 0 aromatic carbocycles. The Morgan fingerprint density at radius 3 is 2.61 bits per heavy atom. The normalized spacial score (nSPS) is 30.6. The van der Waals surface area contributed by atoms with Gasteiger partial charge in [0.05, 0.1) is 11.8 Å². The molecule has 2 bridgehead atoms. The third kappa shape index (κ3) is 1.99. The number of carbonyl (C=O) groups excluding carboxylic acids is 1. The van der Waals surface area contributed by atoms with Gasteiger partial charge in [-0.15, -0.1) is 11.6 Å². The predicted molar refractivity (Wildman–Crippen MR) is 66.0 cm³/mol. The van der Waals surface area contributed by atoms with E-state index < -0.39 is 5.82 Å². The minimum Gasteiger partial charge on any atom is -0.333 e. The Kier molecular flexibility index (Phi) is 2.98. The number of hydrogen-bond donors (Lipinski definition) is 0. The van der Waals surface area contributed by atoms with Gasteiger partial charge in [-0.3, -0.25) is 9.78 Å². The van der Waals surface area contributed by atoms with Crippen LogP contribution in [0.25, 0.3) is 0 Å². The number of hydrogen-bond acceptors (Lipinski definition) is 2. The van der Waals surface area contributed by atoms with Gasteiger partial charge in [0, 0.05) is 23.7 Å². The molecule has 0 spiro atoms. The molecule has 3 rings (SSSR count). The molecule has 0 radical (unpaired) electrons. The SMILES string of the molecule is O=C(c1cncc(F)c1)N1C2CCC1CC(Cl)C2. The lowest BCUT2D eigenvalue weighted by molar-refractivity contribution is 0.0598. The number of halogens is 2. The van der Waals surface area contributed by atoms with E-state index in [1.807, 2.05) is 4.90 Å². The van der Waals surface area contributed by atoms with E-state index in [0.717, 1.165) is 31.9 Å². The highest BCUT2D eigenvalue weighted by atomic mass is 35.5. The quantitative estimate of drug-likeness (QED) is 0.734. The molecule has 2 unspecified atom stereocenters. The van der Waals surface area contributed by atoms with Gasteiger partial charge in [0.1, 0.15) is 5.82 Å². The second-order valence-electron chi connectivity index (χ2n) is 5.06. The number of fused-ring (bicyclic) bond motifs is 2. The Labute approximate surface area is 110 Å². The van der Waals surface area contributed by atoms with Crippen molar-refractivity contribution >= 4 is 17.5 Å². The molecule has 2 fully saturated rings. The van der Waals surface area contributed by atoms with E-state index in [-0.39, 0.29) is 23.4 Å². The molecule has 2 aliphatic rings. The number of nitrogens with zero attached hydrogens (tertiary/aromatic N) is 2. The fraction of sp³-hybridized carbons (Fsp3) is 0.538. The van der Waals surface area contributed by atoms with Crippen LogP contribution in [-0.4, -0.2) is 33.3 Å². The van der Waals surface area contributed by atoms with Crippen molar-refractivity contribution in [3.8, 4) is 0 Å². The predicted octanol–water partition coefficient (Wildman–Crippen LogP) is 2.60. The van der Waals surface area contributed by atoms with Crippen molar-refractivity contribution in [2.75, 3.05) is 0 Å². The third-order valence-electron chi connectivity index (χ3n) is 3.86. The Balaban J connectivity index is 1.85. The summed E-state index contributed by atoms with van der Waals surface area (Å²) < 4.78 is 13.1. The first kappa shape index (κ1) is 11.9. The Bertz CT molecular complexity index is 468. The zero-order valence-corrected chi connectivity index (χ0v) is 10.6. The van der Waals surface area contributed by atoms with Crippen LogP contribution in [0.1, 0.15) is 36.0 Å². The molecule has 2 atom stereocenters. The lowest BCUT2D eigenvalue weighted by Crippen LogP contribution is -2.47. The molecule has 0 aliphatic carbocycles. The summed E-state index contributed by atoms with van der Waals surface area (Å²) in [6, 6.07) is 1.67. The highest BCUT2D eigenvalue weighted by Crippen LogP contribution is 2.38. The fourth-order valence-electron chi connectivity index (χ4n) is 3.12. The molecule has 1 amide bonds. The standard InChI is InChI=1S/C13H14ClFN2O/c14-9-4-11-1-2-12(5-9)17(11)13(18)8-3-10(15)7-16-6-8/h3,6-7,9,11-12H,1-2,4-5H2. The summed E-state index contributed by atoms with van der Waals surface area (Å²) in [5.74, 6) is -0.585. The molecule has 2 saturated heterocycles. The molecule has 96 valence electrons. The van der Waals surface area contributed by atoms with Gasteiger partial charge in [-0.05, 0) is 31.7 Å². The average Bonchev–Trinajstić information content (AvgIpc) is 2.61. The zero-order chi connectivity index (χ0) is 12.7. The minimum atomic E-state index is -0.472. The zero-order valence-electron chi connectivity index (χ0n) is 9.85. The molecule has 1 aromatic rings. The van der Waals surface area contributed by atoms with Crippen molar-refractivity contribution in [1.82, 2.24) is 9.88 Å². The second kappa shape index (κ2) is 4.50. The first-order chi connectivity index (χ1) is 8.65. The van der Waals surface area contributed by atoms with Gasteiger partial charge in [-0.25, -0.2) is 4.39 Å². The van der Waals surface area contributed by atoms with Gasteiger partial charge < -0.3 is 4.90 Å². The van der Waals surface area contributed by atoms with Crippen molar-refractivity contribution in [2.24, 2.45) is 0 Å². The first-order valence-corrected chi connectivity index (χ1v) is 6.66. The largest absolute Gasteiger partial charge is 0.333 e. The summed E-state index contributed by atoms with van der Waals surface area (Å²) in [6.45, 7) is 0. The van der Waals surface area contributed by atoms with E-state index >= 15 is 0 Å². The Morgan fingerprint density at radius 1 is 1.33 bits per heavy atom. The number of rotatable bonds is 1. The molecule has 5 heteroatoms. The number of piperidine rings is 1. The fourth-order valence-corrected chi connectivity index (χ4v) is 3.53. The number of pyridine rings is 1. The van der Waals surface area contributed by atoms with Gasteiger partial charge in [-0.1, -0.05) is 0 Å². The maximum Gasteiger partial charge on any atom is 0.256 e. The van der Waals surface area contributed by atoms with E-state index in [9.17, 15) is 9.18 Å². The highest BCUT2D eigenvalue weighted by Gasteiger charge is 2.42. The summed E-state index contributed by atoms with van der Waals surface area (Å²) in [6.07, 6.45) is 6.22. The van der Waals surface area contributed by atoms with E-state index in [1.54, 1.807) is 0 Å². The van der Waals surface area contributed by atoms with Gasteiger partial charge in [0.15, 0.2) is 0 Å². The lowest BCUT2D eigenvalue weighted by Gasteiger charge is -2.37. The summed E-state index contributed by atoms with van der Waals surface area (Å²) in [4.78, 5) is 18.0.